The molecule has 0 atom stereocenters. The van der Waals surface area contributed by atoms with E-state index in [0.29, 0.717) is 11.3 Å². The highest BCUT2D eigenvalue weighted by atomic mass is 32.2. The van der Waals surface area contributed by atoms with Gasteiger partial charge < -0.3 is 8.61 Å². The highest BCUT2D eigenvalue weighted by Crippen LogP contribution is 2.27. The van der Waals surface area contributed by atoms with E-state index in [1.807, 2.05) is 60.7 Å². The first-order chi connectivity index (χ1) is 14.2. The third kappa shape index (κ3) is 5.11. The highest BCUT2D eigenvalue weighted by Gasteiger charge is 2.48. The van der Waals surface area contributed by atoms with E-state index in [2.05, 4.69) is 10.8 Å². The molecule has 0 amide bonds. The van der Waals surface area contributed by atoms with Crippen LogP contribution in [-0.4, -0.2) is 23.0 Å². The summed E-state index contributed by atoms with van der Waals surface area (Å²) in [6.07, 6.45) is 0. The molecule has 3 aromatic carbocycles. The van der Waals surface area contributed by atoms with Gasteiger partial charge in [-0.25, -0.2) is 0 Å². The largest absolute Gasteiger partial charge is 0.534 e. The van der Waals surface area contributed by atoms with Crippen LogP contribution in [-0.2, 0) is 14.5 Å². The van der Waals surface area contributed by atoms with Gasteiger partial charge >= 0.3 is 24.7 Å². The van der Waals surface area contributed by atoms with Crippen LogP contribution in [0.15, 0.2) is 91.5 Å². The summed E-state index contributed by atoms with van der Waals surface area (Å²) < 4.78 is 69.9. The molecule has 0 aliphatic heterocycles. The van der Waals surface area contributed by atoms with Gasteiger partial charge in [0.15, 0.2) is 0 Å². The van der Waals surface area contributed by atoms with Crippen LogP contribution in [0.3, 0.4) is 0 Å². The van der Waals surface area contributed by atoms with Gasteiger partial charge in [0.2, 0.25) is 0 Å². The fraction of sp³-hybridized carbons (Fsp3) is 0.0476. The maximum atomic E-state index is 12.4. The van der Waals surface area contributed by atoms with Crippen LogP contribution in [0.1, 0.15) is 5.56 Å². The minimum atomic E-state index is -5.72. The lowest BCUT2D eigenvalue weighted by atomic mass is 10.2. The molecule has 0 aromatic heterocycles. The second-order valence-electron chi connectivity index (χ2n) is 6.09. The molecule has 0 N–H and O–H groups in total. The van der Waals surface area contributed by atoms with Crippen molar-refractivity contribution in [3.63, 3.8) is 0 Å². The highest BCUT2D eigenvalue weighted by molar-refractivity contribution is 7.88. The van der Waals surface area contributed by atoms with Gasteiger partial charge in [-0.1, -0.05) is 67.2 Å². The lowest BCUT2D eigenvalue weighted by Gasteiger charge is -2.19. The summed E-state index contributed by atoms with van der Waals surface area (Å²) in [7, 11) is -7.40. The predicted molar refractivity (Wildman–Crippen MR) is 110 cm³/mol. The molecule has 0 bridgehead atoms. The predicted octanol–water partition coefficient (Wildman–Crippen LogP) is 3.71. The molecule has 0 saturated heterocycles. The third-order valence-corrected chi connectivity index (χ3v) is 7.11. The molecule has 1 radical (unpaired) electrons. The minimum absolute atomic E-state index is 0.307. The SMILES string of the molecule is C=C(O[Si](c1ccccc1)c1ccccc1)c1ccc(OS(=O)(=O)C(F)(F)F)cc1. The summed E-state index contributed by atoms with van der Waals surface area (Å²) in [5.74, 6) is -0.151. The van der Waals surface area contributed by atoms with Crippen molar-refractivity contribution in [3.8, 4) is 5.75 Å². The summed E-state index contributed by atoms with van der Waals surface area (Å²) in [5.41, 5.74) is -5.01. The van der Waals surface area contributed by atoms with Crippen molar-refractivity contribution in [2.45, 2.75) is 5.51 Å². The molecule has 3 aromatic rings. The molecule has 30 heavy (non-hydrogen) atoms. The fourth-order valence-corrected chi connectivity index (χ4v) is 4.90. The molecule has 0 aliphatic carbocycles. The van der Waals surface area contributed by atoms with Crippen LogP contribution in [0.4, 0.5) is 13.2 Å². The average molecular weight is 450 g/mol. The number of hydrogen-bond acceptors (Lipinski definition) is 4. The number of benzene rings is 3. The molecule has 0 fully saturated rings. The van der Waals surface area contributed by atoms with E-state index in [1.165, 1.54) is 12.1 Å². The first-order valence-corrected chi connectivity index (χ1v) is 11.4. The van der Waals surface area contributed by atoms with E-state index in [1.54, 1.807) is 0 Å². The van der Waals surface area contributed by atoms with Crippen LogP contribution in [0.2, 0.25) is 0 Å². The first-order valence-electron chi connectivity index (χ1n) is 8.63. The topological polar surface area (TPSA) is 52.6 Å². The Morgan fingerprint density at radius 2 is 1.27 bits per heavy atom. The Hall–Kier alpha value is -3.04. The number of hydrogen-bond donors (Lipinski definition) is 0. The molecule has 0 aliphatic rings. The molecule has 0 saturated carbocycles. The summed E-state index contributed by atoms with van der Waals surface area (Å²) in [5, 5.41) is 1.98. The maximum absolute atomic E-state index is 12.4. The van der Waals surface area contributed by atoms with Gasteiger partial charge in [0, 0.05) is 5.56 Å². The second-order valence-corrected chi connectivity index (χ2v) is 9.65. The smallest absolute Gasteiger partial charge is 0.533 e. The Bertz CT molecular complexity index is 1060. The van der Waals surface area contributed by atoms with Gasteiger partial charge in [-0.05, 0) is 34.6 Å². The van der Waals surface area contributed by atoms with E-state index < -0.39 is 30.4 Å². The normalized spacial score (nSPS) is 11.9. The lowest BCUT2D eigenvalue weighted by Crippen LogP contribution is -2.44. The Labute approximate surface area is 174 Å². The van der Waals surface area contributed by atoms with Crippen molar-refractivity contribution >= 4 is 35.3 Å². The fourth-order valence-electron chi connectivity index (χ4n) is 2.52. The van der Waals surface area contributed by atoms with E-state index in [-0.39, 0.29) is 0 Å². The third-order valence-electron chi connectivity index (χ3n) is 3.96. The van der Waals surface area contributed by atoms with Crippen molar-refractivity contribution in [2.24, 2.45) is 0 Å². The number of halogens is 3. The quantitative estimate of drug-likeness (QED) is 0.239. The van der Waals surface area contributed by atoms with Crippen molar-refractivity contribution in [3.05, 3.63) is 97.1 Å². The van der Waals surface area contributed by atoms with Crippen molar-refractivity contribution < 1.29 is 30.2 Å². The van der Waals surface area contributed by atoms with Gasteiger partial charge in [0.05, 0.1) is 0 Å². The monoisotopic (exact) mass is 449 g/mol. The Morgan fingerprint density at radius 1 is 0.800 bits per heavy atom. The van der Waals surface area contributed by atoms with Gasteiger partial charge in [-0.2, -0.15) is 21.6 Å². The van der Waals surface area contributed by atoms with Crippen molar-refractivity contribution in [1.82, 2.24) is 0 Å². The molecule has 155 valence electrons. The first kappa shape index (κ1) is 21.7. The zero-order valence-electron chi connectivity index (χ0n) is 15.5. The molecular formula is C21H16F3O4SSi. The maximum Gasteiger partial charge on any atom is 0.534 e. The number of rotatable bonds is 7. The van der Waals surface area contributed by atoms with Gasteiger partial charge in [-0.3, -0.25) is 0 Å². The summed E-state index contributed by atoms with van der Waals surface area (Å²) in [6, 6.07) is 24.2. The van der Waals surface area contributed by atoms with Gasteiger partial charge in [-0.15, -0.1) is 0 Å². The van der Waals surface area contributed by atoms with Crippen molar-refractivity contribution in [1.29, 1.82) is 0 Å². The van der Waals surface area contributed by atoms with E-state index in [4.69, 9.17) is 4.43 Å². The number of alkyl halides is 3. The molecule has 0 spiro atoms. The van der Waals surface area contributed by atoms with Crippen molar-refractivity contribution in [2.75, 3.05) is 0 Å². The molecule has 9 heteroatoms. The van der Waals surface area contributed by atoms with Gasteiger partial charge in [0.1, 0.15) is 11.5 Å². The zero-order valence-corrected chi connectivity index (χ0v) is 17.3. The Morgan fingerprint density at radius 3 is 1.70 bits per heavy atom. The summed E-state index contributed by atoms with van der Waals surface area (Å²) >= 11 is 0. The van der Waals surface area contributed by atoms with Crippen LogP contribution in [0.5, 0.6) is 5.75 Å². The summed E-state index contributed by atoms with van der Waals surface area (Å²) in [6.45, 7) is 3.92. The molecular weight excluding hydrogens is 433 g/mol. The van der Waals surface area contributed by atoms with Crippen LogP contribution < -0.4 is 14.6 Å². The molecule has 3 rings (SSSR count). The second kappa shape index (κ2) is 8.76. The molecule has 0 heterocycles. The van der Waals surface area contributed by atoms with Crippen LogP contribution in [0, 0.1) is 0 Å². The average Bonchev–Trinajstić information content (AvgIpc) is 2.72. The standard InChI is InChI=1S/C21H16F3O4SSi/c1-16(17-12-14-18(15-13-17)27-29(25,26)21(22,23)24)28-30(19-8-4-2-5-9-19)20-10-6-3-7-11-20/h2-15H,1H2. The Kier molecular flexibility index (Phi) is 6.33. The van der Waals surface area contributed by atoms with Crippen LogP contribution >= 0.6 is 0 Å². The van der Waals surface area contributed by atoms with E-state index in [9.17, 15) is 21.6 Å². The van der Waals surface area contributed by atoms with Gasteiger partial charge in [0.25, 0.3) is 0 Å². The molecule has 4 nitrogen and oxygen atoms in total. The van der Waals surface area contributed by atoms with E-state index >= 15 is 0 Å². The zero-order chi connectivity index (χ0) is 21.8. The van der Waals surface area contributed by atoms with Crippen LogP contribution in [0.25, 0.3) is 5.76 Å². The molecule has 0 unspecified atom stereocenters. The minimum Gasteiger partial charge on any atom is -0.533 e. The summed E-state index contributed by atoms with van der Waals surface area (Å²) in [4.78, 5) is 0. The lowest BCUT2D eigenvalue weighted by molar-refractivity contribution is -0.0500. The Balaban J connectivity index is 1.80. The van der Waals surface area contributed by atoms with E-state index in [0.717, 1.165) is 22.5 Å².